The lowest BCUT2D eigenvalue weighted by Gasteiger charge is -2.24. The Kier molecular flexibility index (Phi) is 14.5. The zero-order valence-electron chi connectivity index (χ0n) is 34.5. The number of aryl methyl sites for hydroxylation is 1. The zero-order chi connectivity index (χ0) is 43.6. The molecule has 1 aliphatic rings. The summed E-state index contributed by atoms with van der Waals surface area (Å²) in [6, 6.07) is 24.6. The second-order valence-corrected chi connectivity index (χ2v) is 17.0. The van der Waals surface area contributed by atoms with Crippen molar-refractivity contribution in [3.8, 4) is 5.75 Å². The first-order valence-electron chi connectivity index (χ1n) is 19.2. The van der Waals surface area contributed by atoms with Crippen LogP contribution < -0.4 is 15.4 Å². The van der Waals surface area contributed by atoms with E-state index in [2.05, 4.69) is 20.8 Å². The molecular weight excluding hydrogens is 793 g/mol. The lowest BCUT2D eigenvalue weighted by atomic mass is 10.0. The summed E-state index contributed by atoms with van der Waals surface area (Å²) in [7, 11) is 0. The van der Waals surface area contributed by atoms with Gasteiger partial charge in [-0.05, 0) is 90.3 Å². The summed E-state index contributed by atoms with van der Waals surface area (Å²) in [5, 5.41) is 28.4. The Balaban J connectivity index is 1.33. The third kappa shape index (κ3) is 13.0. The number of carbonyl (C=O) groups is 4. The number of anilines is 1. The van der Waals surface area contributed by atoms with Crippen LogP contribution in [0, 0.1) is 12.3 Å². The van der Waals surface area contributed by atoms with Crippen LogP contribution in [0.2, 0.25) is 0 Å². The standard InChI is InChI=1S/C43H50N6O10S/c1-26-33(46-39(60-26)47-40(53)57-42(2,3)4)34(37(50)51)48-59-32(38(52)56-35(27-14-10-8-11-15-27)28-16-12-9-13-17-28)25-55-31-20-18-29(19-21-31)36(44)45-30-22-23-49(24-30)41(54)58-43(5,6)7/h8-21,30,32,35H,22-25H2,1-7H3,(H2,44,45)(H,50,51)(H,46,47,53)/b48-34-/t30-,32?/m0/s1. The Bertz CT molecular complexity index is 2130. The average molecular weight is 843 g/mol. The van der Waals surface area contributed by atoms with E-state index in [1.54, 1.807) is 56.9 Å². The predicted octanol–water partition coefficient (Wildman–Crippen LogP) is 7.31. The third-order valence-electron chi connectivity index (χ3n) is 8.54. The number of thiazole rings is 1. The maximum Gasteiger partial charge on any atom is 0.413 e. The van der Waals surface area contributed by atoms with E-state index >= 15 is 0 Å². The van der Waals surface area contributed by atoms with Crippen molar-refractivity contribution in [1.82, 2.24) is 15.2 Å². The number of carboxylic acids is 1. The van der Waals surface area contributed by atoms with Gasteiger partial charge in [0.25, 0.3) is 6.10 Å². The number of oxime groups is 1. The molecule has 1 saturated heterocycles. The molecule has 2 amide bonds. The minimum Gasteiger partial charge on any atom is -0.489 e. The van der Waals surface area contributed by atoms with E-state index in [1.165, 1.54) is 0 Å². The van der Waals surface area contributed by atoms with E-state index in [9.17, 15) is 24.3 Å². The van der Waals surface area contributed by atoms with Crippen LogP contribution in [-0.4, -0.2) is 93.7 Å². The van der Waals surface area contributed by atoms with Crippen molar-refractivity contribution >= 4 is 52.1 Å². The van der Waals surface area contributed by atoms with Gasteiger partial charge in [0, 0.05) is 29.6 Å². The SMILES string of the molecule is Cc1sc(NC(=O)OC(C)(C)C)nc1/C(=N/OC(COc1ccc(C(=N)N[C@H]2CCN(C(=O)OC(C)(C)C)C2)cc1)C(=O)OC(c1ccccc1)c1ccccc1)C(=O)O. The molecular formula is C43H50N6O10S. The topological polar surface area (TPSA) is 211 Å². The number of rotatable bonds is 14. The number of carbonyl (C=O) groups excluding carboxylic acids is 3. The molecule has 1 fully saturated rings. The smallest absolute Gasteiger partial charge is 0.413 e. The molecule has 17 heteroatoms. The number of nitrogens with one attached hydrogen (secondary N) is 3. The number of hydrogen-bond donors (Lipinski definition) is 4. The molecule has 4 N–H and O–H groups in total. The molecule has 1 aromatic heterocycles. The van der Waals surface area contributed by atoms with Gasteiger partial charge in [0.15, 0.2) is 11.2 Å². The Morgan fingerprint density at radius 1 is 0.917 bits per heavy atom. The van der Waals surface area contributed by atoms with Gasteiger partial charge in [-0.2, -0.15) is 0 Å². The van der Waals surface area contributed by atoms with Crippen molar-refractivity contribution in [2.24, 2.45) is 5.16 Å². The number of hydrogen-bond acceptors (Lipinski definition) is 13. The summed E-state index contributed by atoms with van der Waals surface area (Å²) < 4.78 is 22.8. The van der Waals surface area contributed by atoms with Crippen molar-refractivity contribution in [2.75, 3.05) is 25.0 Å². The Hall–Kier alpha value is -6.49. The molecule has 5 rings (SSSR count). The Labute approximate surface area is 352 Å². The van der Waals surface area contributed by atoms with Crippen LogP contribution in [0.15, 0.2) is 90.1 Å². The molecule has 60 heavy (non-hydrogen) atoms. The van der Waals surface area contributed by atoms with Crippen molar-refractivity contribution < 1.29 is 48.1 Å². The minimum atomic E-state index is -1.58. The lowest BCUT2D eigenvalue weighted by Crippen LogP contribution is -2.40. The number of carboxylic acid groups (broad SMARTS) is 1. The van der Waals surface area contributed by atoms with Crippen LogP contribution in [0.1, 0.15) is 81.3 Å². The van der Waals surface area contributed by atoms with Gasteiger partial charge < -0.3 is 39.1 Å². The first-order valence-corrected chi connectivity index (χ1v) is 20.0. The quantitative estimate of drug-likeness (QED) is 0.0324. The number of amides is 2. The molecule has 3 aromatic carbocycles. The molecule has 2 atom stereocenters. The van der Waals surface area contributed by atoms with E-state index < -0.39 is 59.9 Å². The number of amidine groups is 1. The molecule has 0 spiro atoms. The number of aromatic nitrogens is 1. The largest absolute Gasteiger partial charge is 0.489 e. The summed E-state index contributed by atoms with van der Waals surface area (Å²) in [6.45, 7) is 12.6. The van der Waals surface area contributed by atoms with Gasteiger partial charge in [0.1, 0.15) is 35.1 Å². The van der Waals surface area contributed by atoms with Crippen LogP contribution in [0.5, 0.6) is 5.75 Å². The van der Waals surface area contributed by atoms with Crippen molar-refractivity contribution in [3.05, 3.63) is 112 Å². The molecule has 1 aliphatic heterocycles. The number of aliphatic carboxylic acids is 1. The van der Waals surface area contributed by atoms with Gasteiger partial charge in [-0.1, -0.05) is 65.8 Å². The molecule has 318 valence electrons. The van der Waals surface area contributed by atoms with Gasteiger partial charge in [-0.15, -0.1) is 11.3 Å². The van der Waals surface area contributed by atoms with Crippen LogP contribution in [0.3, 0.4) is 0 Å². The highest BCUT2D eigenvalue weighted by molar-refractivity contribution is 7.16. The fourth-order valence-electron chi connectivity index (χ4n) is 5.83. The number of likely N-dealkylation sites (tertiary alicyclic amines) is 1. The molecule has 1 unspecified atom stereocenters. The zero-order valence-corrected chi connectivity index (χ0v) is 35.3. The highest BCUT2D eigenvalue weighted by atomic mass is 32.1. The first kappa shape index (κ1) is 44.6. The Morgan fingerprint density at radius 2 is 1.52 bits per heavy atom. The summed E-state index contributed by atoms with van der Waals surface area (Å²) in [6.07, 6.45) is -2.96. The van der Waals surface area contributed by atoms with Crippen LogP contribution in [-0.2, 0) is 28.6 Å². The van der Waals surface area contributed by atoms with Gasteiger partial charge in [0.05, 0.1) is 0 Å². The lowest BCUT2D eigenvalue weighted by molar-refractivity contribution is -0.163. The molecule has 0 bridgehead atoms. The molecule has 4 aromatic rings. The minimum absolute atomic E-state index is 0.0660. The van der Waals surface area contributed by atoms with Gasteiger partial charge in [-0.3, -0.25) is 10.7 Å². The van der Waals surface area contributed by atoms with Crippen LogP contribution in [0.25, 0.3) is 0 Å². The van der Waals surface area contributed by atoms with E-state index in [1.807, 2.05) is 81.4 Å². The second-order valence-electron chi connectivity index (χ2n) is 15.8. The van der Waals surface area contributed by atoms with E-state index in [4.69, 9.17) is 29.2 Å². The fraction of sp³-hybridized carbons (Fsp3) is 0.372. The normalized spacial score (nSPS) is 14.8. The third-order valence-corrected chi connectivity index (χ3v) is 9.42. The molecule has 16 nitrogen and oxygen atoms in total. The maximum atomic E-state index is 14.0. The maximum absolute atomic E-state index is 14.0. The Morgan fingerprint density at radius 3 is 2.08 bits per heavy atom. The second kappa shape index (κ2) is 19.5. The molecule has 0 radical (unpaired) electrons. The van der Waals surface area contributed by atoms with Crippen molar-refractivity contribution in [1.29, 1.82) is 5.41 Å². The summed E-state index contributed by atoms with van der Waals surface area (Å²) in [5.74, 6) is -1.95. The van der Waals surface area contributed by atoms with E-state index in [-0.39, 0.29) is 22.7 Å². The fourth-order valence-corrected chi connectivity index (χ4v) is 6.63. The number of esters is 1. The highest BCUT2D eigenvalue weighted by Gasteiger charge is 2.32. The summed E-state index contributed by atoms with van der Waals surface area (Å²) in [4.78, 5) is 63.3. The average Bonchev–Trinajstić information content (AvgIpc) is 3.80. The number of nitrogens with zero attached hydrogens (tertiary/aromatic N) is 3. The van der Waals surface area contributed by atoms with Crippen molar-refractivity contribution in [3.63, 3.8) is 0 Å². The summed E-state index contributed by atoms with van der Waals surface area (Å²) in [5.41, 5.74) is -0.213. The van der Waals surface area contributed by atoms with Gasteiger partial charge >= 0.3 is 24.1 Å². The van der Waals surface area contributed by atoms with E-state index in [0.717, 1.165) is 11.3 Å². The van der Waals surface area contributed by atoms with Gasteiger partial charge in [-0.25, -0.2) is 24.2 Å². The molecule has 0 aliphatic carbocycles. The van der Waals surface area contributed by atoms with Crippen LogP contribution in [0.4, 0.5) is 14.7 Å². The molecule has 2 heterocycles. The summed E-state index contributed by atoms with van der Waals surface area (Å²) >= 11 is 1.00. The van der Waals surface area contributed by atoms with E-state index in [0.29, 0.717) is 46.8 Å². The highest BCUT2D eigenvalue weighted by Crippen LogP contribution is 2.28. The first-order chi connectivity index (χ1) is 28.3. The number of benzene rings is 3. The van der Waals surface area contributed by atoms with Gasteiger partial charge in [0.2, 0.25) is 5.71 Å². The monoisotopic (exact) mass is 842 g/mol. The molecule has 0 saturated carbocycles. The predicted molar refractivity (Wildman–Crippen MR) is 225 cm³/mol. The van der Waals surface area contributed by atoms with Crippen molar-refractivity contribution in [2.45, 2.75) is 84.3 Å². The van der Waals surface area contributed by atoms with Crippen LogP contribution >= 0.6 is 11.3 Å². The number of ether oxygens (including phenoxy) is 4.